The van der Waals surface area contributed by atoms with Crippen molar-refractivity contribution in [3.05, 3.63) is 34.7 Å². The first-order valence-corrected chi connectivity index (χ1v) is 10.4. The summed E-state index contributed by atoms with van der Waals surface area (Å²) in [6.07, 6.45) is 0.809. The largest absolute Gasteiger partial charge is 0.496 e. The number of hydrogen-bond acceptors (Lipinski definition) is 7. The molecule has 1 N–H and O–H groups in total. The molecule has 1 aliphatic carbocycles. The second-order valence-electron chi connectivity index (χ2n) is 6.15. The molecule has 0 radical (unpaired) electrons. The second-order valence-corrected chi connectivity index (χ2v) is 7.77. The number of nitrogens with zero attached hydrogens (tertiary/aromatic N) is 1. The highest BCUT2D eigenvalue weighted by atomic mass is 127. The van der Waals surface area contributed by atoms with Crippen molar-refractivity contribution in [3.8, 4) is 45.4 Å². The molecular weight excluding hydrogens is 491 g/mol. The van der Waals surface area contributed by atoms with Crippen molar-refractivity contribution < 1.29 is 18.9 Å². The van der Waals surface area contributed by atoms with Crippen LogP contribution in [0.4, 0.5) is 5.13 Å². The number of benzene rings is 2. The maximum atomic E-state index is 5.71. The Labute approximate surface area is 181 Å². The molecule has 6 nitrogen and oxygen atoms in total. The predicted octanol–water partition coefficient (Wildman–Crippen LogP) is 5.18. The summed E-state index contributed by atoms with van der Waals surface area (Å²) in [4.78, 5) is 5.97. The van der Waals surface area contributed by atoms with Gasteiger partial charge in [-0.05, 0) is 35.4 Å². The summed E-state index contributed by atoms with van der Waals surface area (Å²) >= 11 is 3.79. The summed E-state index contributed by atoms with van der Waals surface area (Å²) in [6, 6.07) is 7.98. The number of nitrogens with one attached hydrogen (secondary N) is 1. The van der Waals surface area contributed by atoms with Gasteiger partial charge in [0.15, 0.2) is 16.6 Å². The van der Waals surface area contributed by atoms with Crippen LogP contribution in [-0.4, -0.2) is 33.4 Å². The van der Waals surface area contributed by atoms with E-state index in [1.54, 1.807) is 39.8 Å². The van der Waals surface area contributed by atoms with Crippen LogP contribution in [0, 0.1) is 0 Å². The van der Waals surface area contributed by atoms with E-state index in [1.165, 1.54) is 10.4 Å². The Morgan fingerprint density at radius 2 is 1.64 bits per heavy atom. The number of halogens is 1. The highest BCUT2D eigenvalue weighted by molar-refractivity contribution is 14.1. The molecule has 0 atom stereocenters. The number of rotatable bonds is 6. The third-order valence-electron chi connectivity index (χ3n) is 4.82. The molecule has 28 heavy (non-hydrogen) atoms. The van der Waals surface area contributed by atoms with Crippen LogP contribution >= 0.6 is 34.2 Å². The van der Waals surface area contributed by atoms with Crippen molar-refractivity contribution in [3.63, 3.8) is 0 Å². The standard InChI is InChI=1S/C20H19IN2O4S/c1-24-13-6-5-11-12(9-16-18(11)22-20(23-21)28-16)17(13)10-7-14(25-2)19(27-4)15(8-10)26-3/h5-8H,9H2,1-4H3,(H,22,23). The fraction of sp³-hybridized carbons (Fsp3) is 0.250. The molecule has 146 valence electrons. The lowest BCUT2D eigenvalue weighted by Gasteiger charge is -2.18. The molecule has 0 unspecified atom stereocenters. The maximum Gasteiger partial charge on any atom is 0.203 e. The maximum absolute atomic E-state index is 5.71. The molecule has 0 bridgehead atoms. The predicted molar refractivity (Wildman–Crippen MR) is 120 cm³/mol. The van der Waals surface area contributed by atoms with Crippen molar-refractivity contribution in [2.24, 2.45) is 0 Å². The van der Waals surface area contributed by atoms with Crippen molar-refractivity contribution in [2.75, 3.05) is 32.0 Å². The van der Waals surface area contributed by atoms with Crippen LogP contribution in [0.25, 0.3) is 22.4 Å². The Kier molecular flexibility index (Phi) is 5.24. The molecule has 1 aliphatic rings. The molecule has 0 amide bonds. The molecule has 3 aromatic rings. The van der Waals surface area contributed by atoms with Crippen LogP contribution in [0.5, 0.6) is 23.0 Å². The molecule has 4 rings (SSSR count). The zero-order valence-electron chi connectivity index (χ0n) is 15.9. The van der Waals surface area contributed by atoms with E-state index in [0.29, 0.717) is 17.2 Å². The van der Waals surface area contributed by atoms with Gasteiger partial charge in [-0.2, -0.15) is 0 Å². The lowest BCUT2D eigenvalue weighted by molar-refractivity contribution is 0.324. The number of thiazole rings is 1. The molecular formula is C20H19IN2O4S. The van der Waals surface area contributed by atoms with E-state index in [0.717, 1.165) is 39.7 Å². The van der Waals surface area contributed by atoms with Gasteiger partial charge in [-0.3, -0.25) is 0 Å². The van der Waals surface area contributed by atoms with Gasteiger partial charge in [0.25, 0.3) is 0 Å². The summed E-state index contributed by atoms with van der Waals surface area (Å²) in [7, 11) is 6.52. The fourth-order valence-corrected chi connectivity index (χ4v) is 4.96. The average molecular weight is 510 g/mol. The van der Waals surface area contributed by atoms with Crippen LogP contribution in [0.1, 0.15) is 10.4 Å². The summed E-state index contributed by atoms with van der Waals surface area (Å²) in [5.41, 5.74) is 5.34. The normalized spacial score (nSPS) is 11.6. The highest BCUT2D eigenvalue weighted by Crippen LogP contribution is 2.50. The van der Waals surface area contributed by atoms with Gasteiger partial charge in [-0.1, -0.05) is 0 Å². The molecule has 0 saturated heterocycles. The van der Waals surface area contributed by atoms with Crippen LogP contribution in [-0.2, 0) is 6.42 Å². The molecule has 1 heterocycles. The fourth-order valence-electron chi connectivity index (χ4n) is 3.63. The summed E-state index contributed by atoms with van der Waals surface area (Å²) in [5.74, 6) is 2.59. The number of ether oxygens (including phenoxy) is 4. The minimum atomic E-state index is 0.568. The summed E-state index contributed by atoms with van der Waals surface area (Å²) < 4.78 is 25.4. The second kappa shape index (κ2) is 7.67. The first-order chi connectivity index (χ1) is 13.6. The van der Waals surface area contributed by atoms with Gasteiger partial charge < -0.3 is 22.5 Å². The minimum Gasteiger partial charge on any atom is -0.496 e. The summed E-state index contributed by atoms with van der Waals surface area (Å²) in [5, 5.41) is 0.918. The first kappa shape index (κ1) is 19.1. The van der Waals surface area contributed by atoms with Crippen LogP contribution in [0.3, 0.4) is 0 Å². The SMILES string of the molecule is COc1cc(-c2c(OC)ccc3c2Cc2sc(NI)nc2-3)cc(OC)c1OC. The van der Waals surface area contributed by atoms with E-state index in [4.69, 9.17) is 23.9 Å². The Morgan fingerprint density at radius 3 is 2.21 bits per heavy atom. The summed E-state index contributed by atoms with van der Waals surface area (Å²) in [6.45, 7) is 0. The van der Waals surface area contributed by atoms with Crippen molar-refractivity contribution in [1.82, 2.24) is 4.98 Å². The van der Waals surface area contributed by atoms with Gasteiger partial charge in [0.05, 0.1) is 57.0 Å². The van der Waals surface area contributed by atoms with E-state index in [9.17, 15) is 0 Å². The van der Waals surface area contributed by atoms with Gasteiger partial charge in [0.2, 0.25) is 5.75 Å². The van der Waals surface area contributed by atoms with Crippen LogP contribution in [0.15, 0.2) is 24.3 Å². The number of aromatic nitrogens is 1. The Morgan fingerprint density at radius 1 is 0.964 bits per heavy atom. The smallest absolute Gasteiger partial charge is 0.203 e. The third kappa shape index (κ3) is 2.95. The molecule has 0 saturated carbocycles. The van der Waals surface area contributed by atoms with Gasteiger partial charge in [0, 0.05) is 22.4 Å². The van der Waals surface area contributed by atoms with Gasteiger partial charge >= 0.3 is 0 Å². The zero-order valence-corrected chi connectivity index (χ0v) is 18.9. The van der Waals surface area contributed by atoms with Gasteiger partial charge in [-0.25, -0.2) is 4.98 Å². The highest BCUT2D eigenvalue weighted by Gasteiger charge is 2.29. The number of hydrogen-bond donors (Lipinski definition) is 1. The molecule has 0 spiro atoms. The van der Waals surface area contributed by atoms with E-state index >= 15 is 0 Å². The van der Waals surface area contributed by atoms with Crippen molar-refractivity contribution in [2.45, 2.75) is 6.42 Å². The quantitative estimate of drug-likeness (QED) is 0.285. The number of fused-ring (bicyclic) bond motifs is 3. The monoisotopic (exact) mass is 510 g/mol. The first-order valence-electron chi connectivity index (χ1n) is 8.52. The van der Waals surface area contributed by atoms with Gasteiger partial charge in [0.1, 0.15) is 5.75 Å². The zero-order chi connectivity index (χ0) is 19.8. The van der Waals surface area contributed by atoms with Crippen LogP contribution in [0.2, 0.25) is 0 Å². The molecule has 8 heteroatoms. The molecule has 2 aromatic carbocycles. The Hall–Kier alpha value is -2.20. The minimum absolute atomic E-state index is 0.568. The van der Waals surface area contributed by atoms with E-state index < -0.39 is 0 Å². The van der Waals surface area contributed by atoms with Crippen molar-refractivity contribution in [1.29, 1.82) is 0 Å². The third-order valence-corrected chi connectivity index (χ3v) is 6.67. The van der Waals surface area contributed by atoms with Crippen LogP contribution < -0.4 is 22.5 Å². The van der Waals surface area contributed by atoms with E-state index in [2.05, 4.69) is 32.5 Å². The Bertz CT molecular complexity index is 1030. The molecule has 0 fully saturated rings. The number of methoxy groups -OCH3 is 4. The Balaban J connectivity index is 1.94. The lowest BCUT2D eigenvalue weighted by atomic mass is 9.94. The number of anilines is 1. The van der Waals surface area contributed by atoms with E-state index in [-0.39, 0.29) is 0 Å². The van der Waals surface area contributed by atoms with E-state index in [1.807, 2.05) is 18.2 Å². The lowest BCUT2D eigenvalue weighted by Crippen LogP contribution is -1.98. The van der Waals surface area contributed by atoms with Crippen molar-refractivity contribution >= 4 is 39.3 Å². The molecule has 0 aliphatic heterocycles. The topological polar surface area (TPSA) is 61.8 Å². The average Bonchev–Trinajstić information content (AvgIpc) is 3.29. The van der Waals surface area contributed by atoms with Gasteiger partial charge in [-0.15, -0.1) is 11.3 Å². The molecule has 1 aromatic heterocycles.